The van der Waals surface area contributed by atoms with Crippen molar-refractivity contribution in [3.8, 4) is 11.3 Å². The molecule has 5 heteroatoms. The number of hydrogen-bond acceptors (Lipinski definition) is 3. The van der Waals surface area contributed by atoms with Crippen LogP contribution < -0.4 is 5.32 Å². The Morgan fingerprint density at radius 2 is 2.00 bits per heavy atom. The summed E-state index contributed by atoms with van der Waals surface area (Å²) in [6.07, 6.45) is 2.11. The number of nitrogens with one attached hydrogen (secondary N) is 1. The number of hydrogen-bond donors (Lipinski definition) is 1. The number of carbonyl (C=O) groups excluding carboxylic acids is 1. The largest absolute Gasteiger partial charge is 0.441 e. The Kier molecular flexibility index (Phi) is 5.69. The zero-order valence-electron chi connectivity index (χ0n) is 15.8. The minimum absolute atomic E-state index is 0.0732. The molecule has 4 nitrogen and oxygen atoms in total. The van der Waals surface area contributed by atoms with Crippen molar-refractivity contribution in [2.45, 2.75) is 39.7 Å². The van der Waals surface area contributed by atoms with Gasteiger partial charge in [-0.1, -0.05) is 35.9 Å². The van der Waals surface area contributed by atoms with Crippen LogP contribution in [0.4, 0.5) is 4.39 Å². The Morgan fingerprint density at radius 1 is 1.22 bits per heavy atom. The van der Waals surface area contributed by atoms with E-state index in [4.69, 9.17) is 4.42 Å². The molecule has 0 saturated carbocycles. The normalized spacial score (nSPS) is 12.0. The van der Waals surface area contributed by atoms with E-state index in [-0.39, 0.29) is 24.2 Å². The van der Waals surface area contributed by atoms with Gasteiger partial charge in [0, 0.05) is 12.8 Å². The topological polar surface area (TPSA) is 55.1 Å². The van der Waals surface area contributed by atoms with Crippen LogP contribution in [0.1, 0.15) is 42.0 Å². The van der Waals surface area contributed by atoms with Gasteiger partial charge in [-0.05, 0) is 44.0 Å². The first-order valence-corrected chi connectivity index (χ1v) is 9.00. The minimum atomic E-state index is -0.361. The molecule has 0 aliphatic heterocycles. The number of amides is 1. The second-order valence-corrected chi connectivity index (χ2v) is 6.75. The van der Waals surface area contributed by atoms with Crippen LogP contribution in [0.3, 0.4) is 0 Å². The Morgan fingerprint density at radius 3 is 2.78 bits per heavy atom. The summed E-state index contributed by atoms with van der Waals surface area (Å²) in [6, 6.07) is 12.5. The number of aryl methyl sites for hydroxylation is 3. The molecule has 0 unspecified atom stereocenters. The van der Waals surface area contributed by atoms with Crippen LogP contribution >= 0.6 is 0 Å². The molecule has 1 heterocycles. The van der Waals surface area contributed by atoms with Gasteiger partial charge < -0.3 is 9.73 Å². The van der Waals surface area contributed by atoms with Crippen LogP contribution in [0, 0.1) is 19.7 Å². The van der Waals surface area contributed by atoms with Crippen LogP contribution in [0.15, 0.2) is 53.1 Å². The molecule has 0 radical (unpaired) electrons. The van der Waals surface area contributed by atoms with Gasteiger partial charge in [0.25, 0.3) is 0 Å². The number of oxazole rings is 1. The van der Waals surface area contributed by atoms with Crippen LogP contribution in [-0.4, -0.2) is 10.9 Å². The van der Waals surface area contributed by atoms with Crippen LogP contribution in [0.2, 0.25) is 0 Å². The Bertz CT molecular complexity index is 949. The van der Waals surface area contributed by atoms with Gasteiger partial charge in [0.05, 0.1) is 17.8 Å². The quantitative estimate of drug-likeness (QED) is 0.674. The summed E-state index contributed by atoms with van der Waals surface area (Å²) < 4.78 is 19.4. The van der Waals surface area contributed by atoms with E-state index >= 15 is 0 Å². The van der Waals surface area contributed by atoms with E-state index in [9.17, 15) is 9.18 Å². The van der Waals surface area contributed by atoms with Gasteiger partial charge in [0.15, 0.2) is 11.7 Å². The number of carbonyl (C=O) groups is 1. The predicted octanol–water partition coefficient (Wildman–Crippen LogP) is 4.91. The molecule has 2 aromatic carbocycles. The number of halogens is 1. The van der Waals surface area contributed by atoms with E-state index in [2.05, 4.69) is 28.5 Å². The highest BCUT2D eigenvalue weighted by molar-refractivity contribution is 5.76. The fourth-order valence-corrected chi connectivity index (χ4v) is 3.05. The molecule has 0 saturated heterocycles. The monoisotopic (exact) mass is 366 g/mol. The fourth-order valence-electron chi connectivity index (χ4n) is 3.05. The van der Waals surface area contributed by atoms with Crippen molar-refractivity contribution in [2.24, 2.45) is 0 Å². The number of aromatic nitrogens is 1. The van der Waals surface area contributed by atoms with Gasteiger partial charge in [0.1, 0.15) is 5.82 Å². The first-order valence-electron chi connectivity index (χ1n) is 9.00. The third-order valence-electron chi connectivity index (χ3n) is 4.54. The molecule has 1 amide bonds. The van der Waals surface area contributed by atoms with E-state index < -0.39 is 0 Å². The van der Waals surface area contributed by atoms with E-state index in [0.29, 0.717) is 23.6 Å². The van der Waals surface area contributed by atoms with Crippen molar-refractivity contribution < 1.29 is 13.6 Å². The molecular weight excluding hydrogens is 343 g/mol. The molecule has 0 bridgehead atoms. The van der Waals surface area contributed by atoms with Crippen molar-refractivity contribution in [3.05, 3.63) is 77.1 Å². The van der Waals surface area contributed by atoms with E-state index in [1.165, 1.54) is 12.3 Å². The van der Waals surface area contributed by atoms with Gasteiger partial charge >= 0.3 is 0 Å². The molecule has 3 aromatic rings. The summed E-state index contributed by atoms with van der Waals surface area (Å²) >= 11 is 0. The lowest BCUT2D eigenvalue weighted by atomic mass is 10.00. The average Bonchev–Trinajstić information content (AvgIpc) is 3.11. The lowest BCUT2D eigenvalue weighted by molar-refractivity contribution is -0.121. The van der Waals surface area contributed by atoms with Gasteiger partial charge in [0.2, 0.25) is 5.91 Å². The summed E-state index contributed by atoms with van der Waals surface area (Å²) in [5.41, 5.74) is 3.79. The predicted molar refractivity (Wildman–Crippen MR) is 103 cm³/mol. The molecule has 0 aliphatic rings. The molecular formula is C22H23FN2O2. The summed E-state index contributed by atoms with van der Waals surface area (Å²) in [7, 11) is 0. The Hall–Kier alpha value is -2.95. The van der Waals surface area contributed by atoms with Gasteiger partial charge in [-0.15, -0.1) is 0 Å². The lowest BCUT2D eigenvalue weighted by Crippen LogP contribution is -2.27. The van der Waals surface area contributed by atoms with Gasteiger partial charge in [-0.3, -0.25) is 4.79 Å². The molecule has 140 valence electrons. The molecule has 1 N–H and O–H groups in total. The van der Waals surface area contributed by atoms with Crippen molar-refractivity contribution in [1.82, 2.24) is 10.3 Å². The smallest absolute Gasteiger partial charge is 0.220 e. The maximum absolute atomic E-state index is 13.8. The zero-order valence-corrected chi connectivity index (χ0v) is 15.8. The molecule has 3 rings (SSSR count). The highest BCUT2D eigenvalue weighted by atomic mass is 19.1. The van der Waals surface area contributed by atoms with Crippen molar-refractivity contribution >= 4 is 5.91 Å². The molecule has 0 spiro atoms. The van der Waals surface area contributed by atoms with E-state index in [1.54, 1.807) is 18.2 Å². The highest BCUT2D eigenvalue weighted by Crippen LogP contribution is 2.24. The zero-order chi connectivity index (χ0) is 19.4. The number of nitrogens with zero attached hydrogens (tertiary/aromatic N) is 1. The molecule has 27 heavy (non-hydrogen) atoms. The summed E-state index contributed by atoms with van der Waals surface area (Å²) in [5.74, 6) is 0.351. The Balaban J connectivity index is 1.58. The summed E-state index contributed by atoms with van der Waals surface area (Å²) in [6.45, 7) is 6.04. The second kappa shape index (κ2) is 8.16. The third kappa shape index (κ3) is 4.61. The first kappa shape index (κ1) is 18.8. The Labute approximate surface area is 158 Å². The van der Waals surface area contributed by atoms with E-state index in [0.717, 1.165) is 16.7 Å². The number of benzene rings is 2. The minimum Gasteiger partial charge on any atom is -0.441 e. The van der Waals surface area contributed by atoms with Crippen molar-refractivity contribution in [3.63, 3.8) is 0 Å². The highest BCUT2D eigenvalue weighted by Gasteiger charge is 2.14. The lowest BCUT2D eigenvalue weighted by Gasteiger charge is -2.17. The third-order valence-corrected chi connectivity index (χ3v) is 4.54. The number of rotatable bonds is 6. The second-order valence-electron chi connectivity index (χ2n) is 6.75. The molecule has 1 aromatic heterocycles. The van der Waals surface area contributed by atoms with E-state index in [1.807, 2.05) is 20.8 Å². The maximum atomic E-state index is 13.8. The molecule has 0 fully saturated rings. The SMILES string of the molecule is Cc1ccc(C)c([C@H](C)NC(=O)CCc2ncc(-c3ccccc3F)o2)c1. The van der Waals surface area contributed by atoms with Gasteiger partial charge in [-0.2, -0.15) is 0 Å². The van der Waals surface area contributed by atoms with Crippen molar-refractivity contribution in [1.29, 1.82) is 0 Å². The average molecular weight is 366 g/mol. The fraction of sp³-hybridized carbons (Fsp3) is 0.273. The standard InChI is InChI=1S/C22H23FN2O2/c1-14-8-9-15(2)18(12-14)16(3)25-21(26)10-11-22-24-13-20(27-22)17-6-4-5-7-19(17)23/h4-9,12-13,16H,10-11H2,1-3H3,(H,25,26)/t16-/m0/s1. The summed E-state index contributed by atoms with van der Waals surface area (Å²) in [5, 5.41) is 3.01. The van der Waals surface area contributed by atoms with Crippen molar-refractivity contribution in [2.75, 3.05) is 0 Å². The summed E-state index contributed by atoms with van der Waals surface area (Å²) in [4.78, 5) is 16.4. The molecule has 0 aliphatic carbocycles. The first-order chi connectivity index (χ1) is 12.9. The molecule has 1 atom stereocenters. The van der Waals surface area contributed by atoms with Crippen LogP contribution in [0.25, 0.3) is 11.3 Å². The maximum Gasteiger partial charge on any atom is 0.220 e. The van der Waals surface area contributed by atoms with Crippen LogP contribution in [0.5, 0.6) is 0 Å². The van der Waals surface area contributed by atoms with Crippen LogP contribution in [-0.2, 0) is 11.2 Å². The van der Waals surface area contributed by atoms with Gasteiger partial charge in [-0.25, -0.2) is 9.37 Å².